The average Bonchev–Trinajstić information content (AvgIpc) is 2.97. The van der Waals surface area contributed by atoms with Gasteiger partial charge in [0.1, 0.15) is 5.82 Å². The molecule has 0 radical (unpaired) electrons. The van der Waals surface area contributed by atoms with Crippen molar-refractivity contribution in [3.8, 4) is 5.69 Å². The monoisotopic (exact) mass is 340 g/mol. The molecule has 1 N–H and O–H groups in total. The van der Waals surface area contributed by atoms with Crippen LogP contribution in [0.5, 0.6) is 0 Å². The minimum atomic E-state index is -0.882. The van der Waals surface area contributed by atoms with E-state index in [-0.39, 0.29) is 5.75 Å². The van der Waals surface area contributed by atoms with Gasteiger partial charge in [0.05, 0.1) is 5.75 Å². The molecule has 0 saturated carbocycles. The molecule has 3 rings (SSSR count). The highest BCUT2D eigenvalue weighted by Gasteiger charge is 2.16. The Hall–Kier alpha value is -2.67. The van der Waals surface area contributed by atoms with Gasteiger partial charge in [0, 0.05) is 24.5 Å². The van der Waals surface area contributed by atoms with E-state index in [2.05, 4.69) is 15.2 Å². The van der Waals surface area contributed by atoms with E-state index in [9.17, 15) is 4.79 Å². The quantitative estimate of drug-likeness (QED) is 0.695. The standard InChI is InChI=1S/C17H16N4O2S/c1-12-4-6-14(7-5-12)21-15(9-13-3-2-8-18-10-13)19-20-17(21)24-11-16(22)23/h2-8,10H,9,11H2,1H3,(H,22,23). The number of rotatable bonds is 6. The van der Waals surface area contributed by atoms with Crippen molar-refractivity contribution in [3.63, 3.8) is 0 Å². The number of hydrogen-bond acceptors (Lipinski definition) is 5. The molecule has 0 unspecified atom stereocenters. The van der Waals surface area contributed by atoms with Crippen LogP contribution in [0.15, 0.2) is 53.9 Å². The smallest absolute Gasteiger partial charge is 0.313 e. The summed E-state index contributed by atoms with van der Waals surface area (Å²) in [7, 11) is 0. The van der Waals surface area contributed by atoms with Gasteiger partial charge in [0.15, 0.2) is 5.16 Å². The lowest BCUT2D eigenvalue weighted by Crippen LogP contribution is -2.05. The van der Waals surface area contributed by atoms with E-state index in [4.69, 9.17) is 5.11 Å². The molecular formula is C17H16N4O2S. The molecule has 0 atom stereocenters. The summed E-state index contributed by atoms with van der Waals surface area (Å²) < 4.78 is 1.90. The van der Waals surface area contributed by atoms with Crippen molar-refractivity contribution in [2.24, 2.45) is 0 Å². The molecule has 0 bridgehead atoms. The number of thioether (sulfide) groups is 1. The lowest BCUT2D eigenvalue weighted by molar-refractivity contribution is -0.133. The molecule has 7 heteroatoms. The number of aromatic nitrogens is 4. The predicted octanol–water partition coefficient (Wildman–Crippen LogP) is 2.74. The topological polar surface area (TPSA) is 80.9 Å². The fourth-order valence-corrected chi connectivity index (χ4v) is 2.96. The van der Waals surface area contributed by atoms with E-state index in [0.29, 0.717) is 11.6 Å². The van der Waals surface area contributed by atoms with E-state index in [1.807, 2.05) is 47.9 Å². The number of nitrogens with zero attached hydrogens (tertiary/aromatic N) is 4. The molecule has 1 aromatic carbocycles. The maximum atomic E-state index is 10.9. The van der Waals surface area contributed by atoms with Crippen molar-refractivity contribution in [2.45, 2.75) is 18.5 Å². The van der Waals surface area contributed by atoms with Crippen molar-refractivity contribution in [2.75, 3.05) is 5.75 Å². The van der Waals surface area contributed by atoms with E-state index in [1.165, 1.54) is 0 Å². The molecule has 0 aliphatic rings. The number of pyridine rings is 1. The van der Waals surface area contributed by atoms with Crippen LogP contribution in [0.1, 0.15) is 17.0 Å². The Bertz CT molecular complexity index is 832. The number of carboxylic acid groups (broad SMARTS) is 1. The van der Waals surface area contributed by atoms with Crippen LogP contribution in [-0.4, -0.2) is 36.6 Å². The third-order valence-corrected chi connectivity index (χ3v) is 4.32. The molecule has 0 aliphatic carbocycles. The van der Waals surface area contributed by atoms with E-state index < -0.39 is 5.97 Å². The maximum absolute atomic E-state index is 10.9. The van der Waals surface area contributed by atoms with E-state index >= 15 is 0 Å². The zero-order chi connectivity index (χ0) is 16.9. The Morgan fingerprint density at radius 1 is 1.21 bits per heavy atom. The largest absolute Gasteiger partial charge is 0.481 e. The summed E-state index contributed by atoms with van der Waals surface area (Å²) in [6, 6.07) is 11.8. The Labute approximate surface area is 143 Å². The van der Waals surface area contributed by atoms with Gasteiger partial charge < -0.3 is 5.11 Å². The Balaban J connectivity index is 1.98. The molecule has 0 saturated heterocycles. The van der Waals surface area contributed by atoms with Gasteiger partial charge in [-0.3, -0.25) is 14.3 Å². The molecule has 122 valence electrons. The molecule has 2 heterocycles. The lowest BCUT2D eigenvalue weighted by atomic mass is 10.2. The third kappa shape index (κ3) is 3.80. The zero-order valence-corrected chi connectivity index (χ0v) is 13.9. The van der Waals surface area contributed by atoms with Crippen molar-refractivity contribution in [1.82, 2.24) is 19.7 Å². The Morgan fingerprint density at radius 3 is 2.67 bits per heavy atom. The van der Waals surface area contributed by atoms with Gasteiger partial charge in [-0.25, -0.2) is 0 Å². The summed E-state index contributed by atoms with van der Waals surface area (Å²) in [6.45, 7) is 2.02. The maximum Gasteiger partial charge on any atom is 0.313 e. The van der Waals surface area contributed by atoms with Gasteiger partial charge >= 0.3 is 5.97 Å². The first-order valence-electron chi connectivity index (χ1n) is 7.38. The highest BCUT2D eigenvalue weighted by atomic mass is 32.2. The fourth-order valence-electron chi connectivity index (χ4n) is 2.27. The van der Waals surface area contributed by atoms with Crippen LogP contribution in [0.25, 0.3) is 5.69 Å². The number of aliphatic carboxylic acids is 1. The predicted molar refractivity (Wildman–Crippen MR) is 91.5 cm³/mol. The van der Waals surface area contributed by atoms with Crippen molar-refractivity contribution >= 4 is 17.7 Å². The molecule has 0 amide bonds. The van der Waals surface area contributed by atoms with E-state index in [0.717, 1.165) is 34.4 Å². The highest BCUT2D eigenvalue weighted by molar-refractivity contribution is 7.99. The summed E-state index contributed by atoms with van der Waals surface area (Å²) >= 11 is 1.16. The molecule has 0 spiro atoms. The molecule has 0 fully saturated rings. The molecule has 6 nitrogen and oxygen atoms in total. The molecule has 3 aromatic rings. The first-order valence-corrected chi connectivity index (χ1v) is 8.37. The lowest BCUT2D eigenvalue weighted by Gasteiger charge is -2.10. The Morgan fingerprint density at radius 2 is 2.00 bits per heavy atom. The minimum absolute atomic E-state index is 0.0586. The van der Waals surface area contributed by atoms with Crippen LogP contribution >= 0.6 is 11.8 Å². The van der Waals surface area contributed by atoms with Crippen LogP contribution < -0.4 is 0 Å². The molecule has 24 heavy (non-hydrogen) atoms. The van der Waals surface area contributed by atoms with Crippen molar-refractivity contribution in [3.05, 3.63) is 65.7 Å². The number of carboxylic acids is 1. The van der Waals surface area contributed by atoms with E-state index in [1.54, 1.807) is 12.4 Å². The van der Waals surface area contributed by atoms with Crippen LogP contribution in [0.3, 0.4) is 0 Å². The molecular weight excluding hydrogens is 324 g/mol. The van der Waals surface area contributed by atoms with Gasteiger partial charge in [-0.05, 0) is 30.7 Å². The fraction of sp³-hybridized carbons (Fsp3) is 0.176. The second kappa shape index (κ2) is 7.27. The molecule has 2 aromatic heterocycles. The molecule has 0 aliphatic heterocycles. The summed E-state index contributed by atoms with van der Waals surface area (Å²) in [6.07, 6.45) is 4.09. The number of hydrogen-bond donors (Lipinski definition) is 1. The third-order valence-electron chi connectivity index (χ3n) is 3.40. The highest BCUT2D eigenvalue weighted by Crippen LogP contribution is 2.23. The van der Waals surface area contributed by atoms with Gasteiger partial charge in [0.25, 0.3) is 0 Å². The van der Waals surface area contributed by atoms with Crippen molar-refractivity contribution in [1.29, 1.82) is 0 Å². The number of aryl methyl sites for hydroxylation is 1. The van der Waals surface area contributed by atoms with Crippen LogP contribution in [0.4, 0.5) is 0 Å². The first kappa shape index (κ1) is 16.2. The number of carbonyl (C=O) groups is 1. The summed E-state index contributed by atoms with van der Waals surface area (Å²) in [5, 5.41) is 17.9. The second-order valence-electron chi connectivity index (χ2n) is 5.29. The van der Waals surface area contributed by atoms with Crippen LogP contribution in [-0.2, 0) is 11.2 Å². The summed E-state index contributed by atoms with van der Waals surface area (Å²) in [5.74, 6) is -0.191. The average molecular weight is 340 g/mol. The van der Waals surface area contributed by atoms with Gasteiger partial charge in [-0.1, -0.05) is 35.5 Å². The SMILES string of the molecule is Cc1ccc(-n2c(Cc3cccnc3)nnc2SCC(=O)O)cc1. The first-order chi connectivity index (χ1) is 11.6. The minimum Gasteiger partial charge on any atom is -0.481 e. The Kier molecular flexibility index (Phi) is 4.90. The van der Waals surface area contributed by atoms with Gasteiger partial charge in [-0.15, -0.1) is 10.2 Å². The van der Waals surface area contributed by atoms with Gasteiger partial charge in [-0.2, -0.15) is 0 Å². The van der Waals surface area contributed by atoms with Crippen LogP contribution in [0.2, 0.25) is 0 Å². The van der Waals surface area contributed by atoms with Crippen LogP contribution in [0, 0.1) is 6.92 Å². The normalized spacial score (nSPS) is 10.7. The number of benzene rings is 1. The second-order valence-corrected chi connectivity index (χ2v) is 6.23. The van der Waals surface area contributed by atoms with Gasteiger partial charge in [0.2, 0.25) is 0 Å². The zero-order valence-electron chi connectivity index (χ0n) is 13.1. The van der Waals surface area contributed by atoms with Crippen molar-refractivity contribution < 1.29 is 9.90 Å². The summed E-state index contributed by atoms with van der Waals surface area (Å²) in [4.78, 5) is 15.0. The summed E-state index contributed by atoms with van der Waals surface area (Å²) in [5.41, 5.74) is 3.09.